The lowest BCUT2D eigenvalue weighted by Crippen LogP contribution is -2.57. The Hall–Kier alpha value is -2.69. The lowest BCUT2D eigenvalue weighted by atomic mass is 9.97. The first-order chi connectivity index (χ1) is 12.5. The van der Waals surface area contributed by atoms with Gasteiger partial charge in [-0.3, -0.25) is 24.0 Å². The number of hydrogen-bond donors (Lipinski definition) is 6. The topological polar surface area (TPSA) is 194 Å². The summed E-state index contributed by atoms with van der Waals surface area (Å²) < 4.78 is 0. The number of carbonyl (C=O) groups is 5. The zero-order valence-corrected chi connectivity index (χ0v) is 15.8. The number of rotatable bonds is 12. The number of carboxylic acid groups (broad SMARTS) is 1. The summed E-state index contributed by atoms with van der Waals surface area (Å²) in [5.41, 5.74) is 10.3. The van der Waals surface area contributed by atoms with Crippen LogP contribution >= 0.6 is 0 Å². The number of nitrogens with one attached hydrogen (secondary N) is 3. The van der Waals surface area contributed by atoms with Crippen LogP contribution in [-0.4, -0.2) is 59.4 Å². The standard InChI is InChI=1S/C16H29N5O6/c1-4-8(2)13(21-12(23)7-17)15(25)20-10(5-6-11(18)22)14(24)19-9(3)16(26)27/h8-10,13H,4-7,17H2,1-3H3,(H2,18,22)(H,19,24)(H,20,25)(H,21,23)(H,26,27). The lowest BCUT2D eigenvalue weighted by Gasteiger charge is -2.26. The van der Waals surface area contributed by atoms with Gasteiger partial charge < -0.3 is 32.5 Å². The number of amides is 4. The molecular weight excluding hydrogens is 358 g/mol. The van der Waals surface area contributed by atoms with Crippen molar-refractivity contribution in [1.82, 2.24) is 16.0 Å². The zero-order valence-electron chi connectivity index (χ0n) is 15.8. The second-order valence-electron chi connectivity index (χ2n) is 6.27. The van der Waals surface area contributed by atoms with E-state index < -0.39 is 47.7 Å². The molecule has 0 spiro atoms. The van der Waals surface area contributed by atoms with Gasteiger partial charge in [-0.2, -0.15) is 0 Å². The van der Waals surface area contributed by atoms with Gasteiger partial charge in [-0.05, 0) is 19.3 Å². The number of hydrogen-bond acceptors (Lipinski definition) is 6. The Morgan fingerprint density at radius 1 is 1.00 bits per heavy atom. The minimum Gasteiger partial charge on any atom is -0.480 e. The third-order valence-electron chi connectivity index (χ3n) is 4.04. The van der Waals surface area contributed by atoms with Crippen molar-refractivity contribution in [3.63, 3.8) is 0 Å². The first kappa shape index (κ1) is 24.3. The molecule has 0 aromatic heterocycles. The molecule has 0 aromatic carbocycles. The Morgan fingerprint density at radius 2 is 1.59 bits per heavy atom. The largest absolute Gasteiger partial charge is 0.480 e. The molecule has 0 saturated heterocycles. The highest BCUT2D eigenvalue weighted by molar-refractivity contribution is 5.93. The molecule has 0 aliphatic carbocycles. The molecule has 4 amide bonds. The second kappa shape index (κ2) is 11.8. The molecule has 11 heteroatoms. The summed E-state index contributed by atoms with van der Waals surface area (Å²) in [4.78, 5) is 58.4. The predicted octanol–water partition coefficient (Wildman–Crippen LogP) is -2.18. The van der Waals surface area contributed by atoms with Crippen molar-refractivity contribution in [2.75, 3.05) is 6.54 Å². The van der Waals surface area contributed by atoms with Gasteiger partial charge in [0.25, 0.3) is 0 Å². The van der Waals surface area contributed by atoms with Crippen LogP contribution in [0.2, 0.25) is 0 Å². The predicted molar refractivity (Wildman–Crippen MR) is 96.0 cm³/mol. The van der Waals surface area contributed by atoms with Gasteiger partial charge in [0.05, 0.1) is 6.54 Å². The SMILES string of the molecule is CCC(C)C(NC(=O)CN)C(=O)NC(CCC(N)=O)C(=O)NC(C)C(=O)O. The minimum atomic E-state index is -1.25. The fourth-order valence-corrected chi connectivity index (χ4v) is 2.13. The highest BCUT2D eigenvalue weighted by atomic mass is 16.4. The zero-order chi connectivity index (χ0) is 21.1. The number of carboxylic acids is 1. The number of aliphatic carboxylic acids is 1. The van der Waals surface area contributed by atoms with Gasteiger partial charge in [0, 0.05) is 6.42 Å². The van der Waals surface area contributed by atoms with E-state index in [-0.39, 0.29) is 25.3 Å². The average Bonchev–Trinajstić information content (AvgIpc) is 2.61. The molecule has 27 heavy (non-hydrogen) atoms. The summed E-state index contributed by atoms with van der Waals surface area (Å²) in [6.45, 7) is 4.52. The van der Waals surface area contributed by atoms with Crippen molar-refractivity contribution >= 4 is 29.6 Å². The van der Waals surface area contributed by atoms with Crippen LogP contribution in [-0.2, 0) is 24.0 Å². The molecule has 0 fully saturated rings. The highest BCUT2D eigenvalue weighted by Crippen LogP contribution is 2.09. The molecule has 0 aliphatic heterocycles. The van der Waals surface area contributed by atoms with Gasteiger partial charge >= 0.3 is 5.97 Å². The van der Waals surface area contributed by atoms with Gasteiger partial charge in [-0.25, -0.2) is 0 Å². The third-order valence-corrected chi connectivity index (χ3v) is 4.04. The summed E-state index contributed by atoms with van der Waals surface area (Å²) in [6, 6.07) is -3.31. The van der Waals surface area contributed by atoms with E-state index in [1.165, 1.54) is 6.92 Å². The first-order valence-corrected chi connectivity index (χ1v) is 8.64. The normalized spacial score (nSPS) is 15.0. The van der Waals surface area contributed by atoms with E-state index in [4.69, 9.17) is 16.6 Å². The minimum absolute atomic E-state index is 0.114. The Kier molecular flexibility index (Phi) is 10.7. The van der Waals surface area contributed by atoms with Gasteiger partial charge in [-0.1, -0.05) is 20.3 Å². The van der Waals surface area contributed by atoms with Gasteiger partial charge in [0.15, 0.2) is 0 Å². The summed E-state index contributed by atoms with van der Waals surface area (Å²) >= 11 is 0. The molecule has 4 unspecified atom stereocenters. The van der Waals surface area contributed by atoms with Crippen LogP contribution in [0.3, 0.4) is 0 Å². The molecule has 0 saturated carbocycles. The Labute approximate surface area is 157 Å². The Balaban J connectivity index is 5.30. The highest BCUT2D eigenvalue weighted by Gasteiger charge is 2.30. The summed E-state index contributed by atoms with van der Waals surface area (Å²) in [5.74, 6) is -4.13. The summed E-state index contributed by atoms with van der Waals surface area (Å²) in [6.07, 6.45) is 0.261. The van der Waals surface area contributed by atoms with Crippen molar-refractivity contribution in [2.24, 2.45) is 17.4 Å². The van der Waals surface area contributed by atoms with E-state index in [1.54, 1.807) is 6.92 Å². The fraction of sp³-hybridized carbons (Fsp3) is 0.688. The molecule has 0 aliphatic rings. The molecule has 8 N–H and O–H groups in total. The van der Waals surface area contributed by atoms with Gasteiger partial charge in [0.1, 0.15) is 18.1 Å². The molecule has 0 heterocycles. The maximum atomic E-state index is 12.6. The van der Waals surface area contributed by atoms with Gasteiger partial charge in [0.2, 0.25) is 23.6 Å². The summed E-state index contributed by atoms with van der Waals surface area (Å²) in [5, 5.41) is 16.1. The van der Waals surface area contributed by atoms with E-state index in [9.17, 15) is 24.0 Å². The second-order valence-corrected chi connectivity index (χ2v) is 6.27. The number of carbonyl (C=O) groups excluding carboxylic acids is 4. The third kappa shape index (κ3) is 8.99. The molecule has 154 valence electrons. The van der Waals surface area contributed by atoms with Crippen molar-refractivity contribution < 1.29 is 29.1 Å². The smallest absolute Gasteiger partial charge is 0.325 e. The Morgan fingerprint density at radius 3 is 2.04 bits per heavy atom. The monoisotopic (exact) mass is 387 g/mol. The van der Waals surface area contributed by atoms with E-state index in [1.807, 2.05) is 6.92 Å². The molecule has 0 radical (unpaired) electrons. The van der Waals surface area contributed by atoms with Crippen molar-refractivity contribution in [3.05, 3.63) is 0 Å². The van der Waals surface area contributed by atoms with E-state index in [0.717, 1.165) is 0 Å². The van der Waals surface area contributed by atoms with Crippen molar-refractivity contribution in [1.29, 1.82) is 0 Å². The number of nitrogens with two attached hydrogens (primary N) is 2. The average molecular weight is 387 g/mol. The first-order valence-electron chi connectivity index (χ1n) is 8.64. The van der Waals surface area contributed by atoms with Crippen LogP contribution < -0.4 is 27.4 Å². The van der Waals surface area contributed by atoms with Gasteiger partial charge in [-0.15, -0.1) is 0 Å². The van der Waals surface area contributed by atoms with Crippen LogP contribution in [0, 0.1) is 5.92 Å². The maximum absolute atomic E-state index is 12.6. The molecular formula is C16H29N5O6. The van der Waals surface area contributed by atoms with Crippen molar-refractivity contribution in [3.8, 4) is 0 Å². The quantitative estimate of drug-likeness (QED) is 0.219. The van der Waals surface area contributed by atoms with Crippen LogP contribution in [0.1, 0.15) is 40.0 Å². The summed E-state index contributed by atoms with van der Waals surface area (Å²) in [7, 11) is 0. The molecule has 0 bridgehead atoms. The van der Waals surface area contributed by atoms with Crippen LogP contribution in [0.25, 0.3) is 0 Å². The van der Waals surface area contributed by atoms with Crippen molar-refractivity contribution in [2.45, 2.75) is 58.2 Å². The molecule has 0 aromatic rings. The lowest BCUT2D eigenvalue weighted by molar-refractivity contribution is -0.142. The van der Waals surface area contributed by atoms with E-state index in [0.29, 0.717) is 6.42 Å². The fourth-order valence-electron chi connectivity index (χ4n) is 2.13. The van der Waals surface area contributed by atoms with E-state index in [2.05, 4.69) is 16.0 Å². The maximum Gasteiger partial charge on any atom is 0.325 e. The van der Waals surface area contributed by atoms with Crippen LogP contribution in [0.4, 0.5) is 0 Å². The van der Waals surface area contributed by atoms with E-state index >= 15 is 0 Å². The molecule has 0 rings (SSSR count). The Bertz CT molecular complexity index is 568. The van der Waals surface area contributed by atoms with Crippen LogP contribution in [0.15, 0.2) is 0 Å². The van der Waals surface area contributed by atoms with Crippen LogP contribution in [0.5, 0.6) is 0 Å². The molecule has 4 atom stereocenters. The molecule has 11 nitrogen and oxygen atoms in total. The number of primary amides is 1.